The summed E-state index contributed by atoms with van der Waals surface area (Å²) in [5.41, 5.74) is -1.89. The van der Waals surface area contributed by atoms with Crippen molar-refractivity contribution in [3.05, 3.63) is 24.3 Å². The zero-order chi connectivity index (χ0) is 25.7. The second kappa shape index (κ2) is 6.03. The van der Waals surface area contributed by atoms with Crippen LogP contribution in [0.4, 0.5) is 11.4 Å². The van der Waals surface area contributed by atoms with Gasteiger partial charge in [-0.3, -0.25) is 38.6 Å². The molecule has 8 heteroatoms. The lowest BCUT2D eigenvalue weighted by atomic mass is 9.68. The summed E-state index contributed by atoms with van der Waals surface area (Å²) in [6.45, 7) is 7.48. The highest BCUT2D eigenvalue weighted by atomic mass is 16.2. The number of anilines is 2. The number of benzene rings is 1. The molecule has 4 aliphatic carbocycles. The first kappa shape index (κ1) is 22.1. The first-order valence-corrected chi connectivity index (χ1v) is 12.7. The van der Waals surface area contributed by atoms with Gasteiger partial charge in [0.25, 0.3) is 0 Å². The van der Waals surface area contributed by atoms with Crippen LogP contribution in [0.2, 0.25) is 0 Å². The summed E-state index contributed by atoms with van der Waals surface area (Å²) in [6, 6.07) is 6.33. The van der Waals surface area contributed by atoms with E-state index in [1.54, 1.807) is 24.3 Å². The average molecular weight is 489 g/mol. The Balaban J connectivity index is 1.21. The maximum atomic E-state index is 13.4. The third-order valence-corrected chi connectivity index (χ3v) is 10.8. The van der Waals surface area contributed by atoms with Crippen molar-refractivity contribution < 1.29 is 28.8 Å². The Morgan fingerprint density at radius 1 is 0.556 bits per heavy atom. The monoisotopic (exact) mass is 488 g/mol. The highest BCUT2D eigenvalue weighted by molar-refractivity contribution is 6.26. The molecular weight excluding hydrogens is 460 g/mol. The van der Waals surface area contributed by atoms with Crippen LogP contribution in [-0.4, -0.2) is 35.2 Å². The van der Waals surface area contributed by atoms with E-state index in [0.717, 1.165) is 0 Å². The summed E-state index contributed by atoms with van der Waals surface area (Å²) in [5, 5.41) is 0. The molecule has 0 aromatic heterocycles. The van der Waals surface area contributed by atoms with E-state index in [9.17, 15) is 28.8 Å². The first-order valence-electron chi connectivity index (χ1n) is 12.7. The Morgan fingerprint density at radius 3 is 1.19 bits per heavy atom. The number of carbonyl (C=O) groups is 6. The number of fused-ring (bicyclic) bond motifs is 10. The van der Waals surface area contributed by atoms with Crippen molar-refractivity contribution in [1.82, 2.24) is 0 Å². The minimum Gasteiger partial charge on any atom is -0.299 e. The van der Waals surface area contributed by atoms with E-state index >= 15 is 0 Å². The zero-order valence-electron chi connectivity index (χ0n) is 20.8. The Kier molecular flexibility index (Phi) is 3.70. The summed E-state index contributed by atoms with van der Waals surface area (Å²) < 4.78 is 0. The van der Waals surface area contributed by atoms with Crippen LogP contribution >= 0.6 is 0 Å². The van der Waals surface area contributed by atoms with Crippen molar-refractivity contribution in [3.8, 4) is 0 Å². The van der Waals surface area contributed by atoms with Crippen LogP contribution < -0.4 is 9.80 Å². The SMILES string of the molecule is C[C@]12CC(=O)[C@@](C)(C1)[C@@H]1C(=O)N(c3ccc(N4C(=O)[C@H]5[C@H](C4=O)[C@]4(C)C[C@]5(C)CC4=O)cc3)C(=O)[C@H]12. The van der Waals surface area contributed by atoms with Gasteiger partial charge in [0.1, 0.15) is 11.6 Å². The van der Waals surface area contributed by atoms with E-state index in [1.807, 2.05) is 27.7 Å². The molecule has 6 aliphatic rings. The molecule has 0 radical (unpaired) electrons. The quantitative estimate of drug-likeness (QED) is 0.592. The first-order chi connectivity index (χ1) is 16.8. The van der Waals surface area contributed by atoms with Gasteiger partial charge in [0.15, 0.2) is 0 Å². The van der Waals surface area contributed by atoms with Crippen LogP contribution in [0.5, 0.6) is 0 Å². The molecule has 8 nitrogen and oxygen atoms in total. The number of hydrogen-bond donors (Lipinski definition) is 0. The number of nitrogens with zero attached hydrogens (tertiary/aromatic N) is 2. The number of Topliss-reactive ketones (excluding diaryl/α,β-unsaturated/α-hetero) is 2. The van der Waals surface area contributed by atoms with Gasteiger partial charge in [0.05, 0.1) is 35.0 Å². The Hall–Kier alpha value is -3.16. The topological polar surface area (TPSA) is 109 Å². The van der Waals surface area contributed by atoms with E-state index in [-0.39, 0.29) is 35.2 Å². The highest BCUT2D eigenvalue weighted by Crippen LogP contribution is 2.69. The summed E-state index contributed by atoms with van der Waals surface area (Å²) in [5.74, 6) is -3.48. The van der Waals surface area contributed by atoms with Crippen LogP contribution in [0.15, 0.2) is 24.3 Å². The number of amides is 4. The smallest absolute Gasteiger partial charge is 0.238 e. The lowest BCUT2D eigenvalue weighted by Crippen LogP contribution is -2.40. The van der Waals surface area contributed by atoms with Gasteiger partial charge in [0, 0.05) is 23.7 Å². The molecule has 36 heavy (non-hydrogen) atoms. The predicted molar refractivity (Wildman–Crippen MR) is 126 cm³/mol. The molecule has 0 spiro atoms. The molecule has 8 atom stereocenters. The Morgan fingerprint density at radius 2 is 0.861 bits per heavy atom. The summed E-state index contributed by atoms with van der Waals surface area (Å²) >= 11 is 0. The average Bonchev–Trinajstić information content (AvgIpc) is 3.50. The van der Waals surface area contributed by atoms with Gasteiger partial charge in [-0.25, -0.2) is 0 Å². The minimum atomic E-state index is -0.809. The summed E-state index contributed by atoms with van der Waals surface area (Å²) in [7, 11) is 0. The molecule has 2 aliphatic heterocycles. The van der Waals surface area contributed by atoms with Gasteiger partial charge in [-0.1, -0.05) is 27.7 Å². The molecule has 1 aromatic carbocycles. The van der Waals surface area contributed by atoms with Crippen molar-refractivity contribution in [2.75, 3.05) is 9.80 Å². The maximum absolute atomic E-state index is 13.4. The fraction of sp³-hybridized carbons (Fsp3) is 0.571. The van der Waals surface area contributed by atoms with Gasteiger partial charge in [-0.2, -0.15) is 0 Å². The lowest BCUT2D eigenvalue weighted by molar-refractivity contribution is -0.138. The van der Waals surface area contributed by atoms with Crippen molar-refractivity contribution in [3.63, 3.8) is 0 Å². The van der Waals surface area contributed by atoms with Gasteiger partial charge < -0.3 is 0 Å². The van der Waals surface area contributed by atoms with E-state index in [0.29, 0.717) is 37.1 Å². The third kappa shape index (κ3) is 2.16. The number of ketones is 2. The van der Waals surface area contributed by atoms with E-state index in [2.05, 4.69) is 0 Å². The standard InChI is InChI=1S/C28H28N2O6/c1-25-9-15(31)27(3,11-25)19-17(25)21(33)29(23(19)35)13-5-7-14(8-6-13)30-22(34)18-20(24(30)36)28(4)12-26(18,2)10-16(28)32/h5-8,17-20H,9-12H2,1-4H3/t17-,18+,19-,20+,25-,26-,27+,28+/m0/s1. The Labute approximate surface area is 208 Å². The van der Waals surface area contributed by atoms with Gasteiger partial charge >= 0.3 is 0 Å². The molecule has 4 bridgehead atoms. The second-order valence-corrected chi connectivity index (χ2v) is 13.1. The highest BCUT2D eigenvalue weighted by Gasteiger charge is 2.75. The van der Waals surface area contributed by atoms with Gasteiger partial charge in [-0.05, 0) is 47.9 Å². The fourth-order valence-corrected chi connectivity index (χ4v) is 9.43. The maximum Gasteiger partial charge on any atom is 0.238 e. The van der Waals surface area contributed by atoms with Gasteiger partial charge in [0.2, 0.25) is 23.6 Å². The number of hydrogen-bond acceptors (Lipinski definition) is 6. The number of rotatable bonds is 2. The molecule has 4 saturated carbocycles. The molecule has 1 aromatic rings. The normalized spacial score (nSPS) is 46.6. The molecule has 6 fully saturated rings. The van der Waals surface area contributed by atoms with Crippen LogP contribution in [0.3, 0.4) is 0 Å². The molecule has 0 N–H and O–H groups in total. The fourth-order valence-electron chi connectivity index (χ4n) is 9.43. The van der Waals surface area contributed by atoms with E-state index in [1.165, 1.54) is 9.80 Å². The van der Waals surface area contributed by atoms with Crippen molar-refractivity contribution in [2.45, 2.75) is 53.4 Å². The number of imide groups is 2. The van der Waals surface area contributed by atoms with E-state index in [4.69, 9.17) is 0 Å². The third-order valence-electron chi connectivity index (χ3n) is 10.8. The molecule has 2 saturated heterocycles. The van der Waals surface area contributed by atoms with Crippen molar-refractivity contribution >= 4 is 46.6 Å². The van der Waals surface area contributed by atoms with Crippen LogP contribution in [0, 0.1) is 45.3 Å². The summed E-state index contributed by atoms with van der Waals surface area (Å²) in [6.07, 6.45) is 1.75. The summed E-state index contributed by atoms with van der Waals surface area (Å²) in [4.78, 5) is 81.5. The molecule has 4 amide bonds. The molecule has 186 valence electrons. The van der Waals surface area contributed by atoms with Crippen LogP contribution in [-0.2, 0) is 28.8 Å². The second-order valence-electron chi connectivity index (χ2n) is 13.1. The van der Waals surface area contributed by atoms with E-state index < -0.39 is 45.3 Å². The largest absolute Gasteiger partial charge is 0.299 e. The van der Waals surface area contributed by atoms with Gasteiger partial charge in [-0.15, -0.1) is 0 Å². The molecular formula is C28H28N2O6. The molecule has 7 rings (SSSR count). The Bertz CT molecular complexity index is 1260. The predicted octanol–water partition coefficient (Wildman–Crippen LogP) is 2.68. The lowest BCUT2D eigenvalue weighted by Gasteiger charge is -2.30. The van der Waals surface area contributed by atoms with Crippen LogP contribution in [0.25, 0.3) is 0 Å². The van der Waals surface area contributed by atoms with Crippen molar-refractivity contribution in [1.29, 1.82) is 0 Å². The zero-order valence-corrected chi connectivity index (χ0v) is 20.8. The minimum absolute atomic E-state index is 0.0519. The number of carbonyl (C=O) groups excluding carboxylic acids is 6. The van der Waals surface area contributed by atoms with Crippen molar-refractivity contribution in [2.24, 2.45) is 45.3 Å². The van der Waals surface area contributed by atoms with Crippen LogP contribution in [0.1, 0.15) is 53.4 Å². The molecule has 2 heterocycles. The molecule has 0 unspecified atom stereocenters.